The molecule has 254 valence electrons. The molecule has 1 saturated carbocycles. The molecule has 1 N–H and O–H groups in total. The zero-order valence-corrected chi connectivity index (χ0v) is 26.6. The molecule has 2 saturated heterocycles. The molecule has 46 heavy (non-hydrogen) atoms. The Labute approximate surface area is 268 Å². The summed E-state index contributed by atoms with van der Waals surface area (Å²) in [6, 6.07) is 8.88. The Morgan fingerprint density at radius 2 is 1.63 bits per heavy atom. The fourth-order valence-corrected chi connectivity index (χ4v) is 8.18. The van der Waals surface area contributed by atoms with Crippen LogP contribution < -0.4 is 0 Å². The number of hydrogen-bond donors (Lipinski definition) is 1. The fourth-order valence-electron chi connectivity index (χ4n) is 8.18. The van der Waals surface area contributed by atoms with Gasteiger partial charge in [0.25, 0.3) is 5.92 Å². The van der Waals surface area contributed by atoms with E-state index in [0.29, 0.717) is 44.8 Å². The first-order chi connectivity index (χ1) is 21.8. The van der Waals surface area contributed by atoms with Gasteiger partial charge < -0.3 is 10.0 Å². The van der Waals surface area contributed by atoms with E-state index in [1.165, 1.54) is 12.1 Å². The van der Waals surface area contributed by atoms with Crippen LogP contribution in [-0.2, 0) is 23.3 Å². The molecule has 3 aliphatic rings. The van der Waals surface area contributed by atoms with Crippen LogP contribution in [0, 0.1) is 23.6 Å². The highest BCUT2D eigenvalue weighted by molar-refractivity contribution is 5.74. The number of hydrogen-bond acceptors (Lipinski definition) is 3. The first-order valence-electron chi connectivity index (χ1n) is 16.8. The van der Waals surface area contributed by atoms with E-state index in [1.807, 2.05) is 6.07 Å². The second kappa shape index (κ2) is 14.7. The number of halogens is 6. The van der Waals surface area contributed by atoms with Crippen molar-refractivity contribution in [3.05, 3.63) is 70.5 Å². The van der Waals surface area contributed by atoms with Crippen LogP contribution in [0.4, 0.5) is 26.3 Å². The predicted molar refractivity (Wildman–Crippen MR) is 165 cm³/mol. The second-order valence-electron chi connectivity index (χ2n) is 14.0. The van der Waals surface area contributed by atoms with Gasteiger partial charge in [-0.1, -0.05) is 37.8 Å². The van der Waals surface area contributed by atoms with Crippen molar-refractivity contribution in [1.29, 1.82) is 0 Å². The molecule has 0 radical (unpaired) electrons. The van der Waals surface area contributed by atoms with E-state index in [2.05, 4.69) is 9.80 Å². The number of likely N-dealkylation sites (tertiary alicyclic amines) is 2. The molecule has 2 heterocycles. The van der Waals surface area contributed by atoms with Gasteiger partial charge in [0.1, 0.15) is 11.9 Å². The number of carboxylic acids is 1. The van der Waals surface area contributed by atoms with Crippen LogP contribution in [0.2, 0.25) is 0 Å². The molecule has 0 bridgehead atoms. The van der Waals surface area contributed by atoms with Crippen LogP contribution in [0.5, 0.6) is 0 Å². The minimum Gasteiger partial charge on any atom is -0.480 e. The topological polar surface area (TPSA) is 43.8 Å². The van der Waals surface area contributed by atoms with Crippen LogP contribution in [0.1, 0.15) is 92.9 Å². The largest absolute Gasteiger partial charge is 0.480 e. The summed E-state index contributed by atoms with van der Waals surface area (Å²) < 4.78 is 82.1. The second-order valence-corrected chi connectivity index (χ2v) is 14.0. The van der Waals surface area contributed by atoms with Crippen molar-refractivity contribution in [2.45, 2.75) is 95.2 Å². The number of rotatable bonds is 11. The third kappa shape index (κ3) is 8.85. The summed E-state index contributed by atoms with van der Waals surface area (Å²) >= 11 is 0. The van der Waals surface area contributed by atoms with Gasteiger partial charge in [0.15, 0.2) is 0 Å². The Balaban J connectivity index is 1.18. The quantitative estimate of drug-likeness (QED) is 0.247. The number of benzene rings is 2. The predicted octanol–water partition coefficient (Wildman–Crippen LogP) is 8.74. The van der Waals surface area contributed by atoms with Gasteiger partial charge in [0.05, 0.1) is 5.56 Å². The number of carboxylic acid groups (broad SMARTS) is 1. The molecule has 2 aromatic rings. The molecule has 0 spiro atoms. The lowest BCUT2D eigenvalue weighted by Gasteiger charge is -2.35. The van der Waals surface area contributed by atoms with E-state index in [1.54, 1.807) is 12.1 Å². The van der Waals surface area contributed by atoms with E-state index >= 15 is 0 Å². The summed E-state index contributed by atoms with van der Waals surface area (Å²) in [7, 11) is 0. The molecule has 3 atom stereocenters. The van der Waals surface area contributed by atoms with Gasteiger partial charge in [-0.05, 0) is 111 Å². The highest BCUT2D eigenvalue weighted by Crippen LogP contribution is 2.40. The molecule has 10 heteroatoms. The van der Waals surface area contributed by atoms with Crippen molar-refractivity contribution in [3.63, 3.8) is 0 Å². The molecule has 0 aromatic heterocycles. The van der Waals surface area contributed by atoms with E-state index < -0.39 is 35.2 Å². The molecular weight excluding hydrogens is 606 g/mol. The first kappa shape index (κ1) is 34.7. The third-order valence-corrected chi connectivity index (χ3v) is 10.6. The number of piperidine rings is 1. The minimum atomic E-state index is -4.68. The van der Waals surface area contributed by atoms with E-state index in [-0.39, 0.29) is 29.1 Å². The molecule has 4 nitrogen and oxygen atoms in total. The Morgan fingerprint density at radius 3 is 2.26 bits per heavy atom. The van der Waals surface area contributed by atoms with Crippen LogP contribution in [0.15, 0.2) is 42.5 Å². The van der Waals surface area contributed by atoms with E-state index in [9.17, 15) is 36.2 Å². The molecule has 1 aliphatic carbocycles. The Hall–Kier alpha value is -2.59. The van der Waals surface area contributed by atoms with Crippen molar-refractivity contribution in [2.75, 3.05) is 32.7 Å². The monoisotopic (exact) mass is 652 g/mol. The van der Waals surface area contributed by atoms with Gasteiger partial charge in [0, 0.05) is 38.0 Å². The van der Waals surface area contributed by atoms with Gasteiger partial charge in [-0.25, -0.2) is 13.2 Å². The van der Waals surface area contributed by atoms with E-state index in [0.717, 1.165) is 82.6 Å². The molecular formula is C36H46F6N2O2. The molecule has 2 aromatic carbocycles. The normalized spacial score (nSPS) is 23.5. The summed E-state index contributed by atoms with van der Waals surface area (Å²) in [5.74, 6) is -3.68. The Morgan fingerprint density at radius 1 is 0.935 bits per heavy atom. The van der Waals surface area contributed by atoms with Gasteiger partial charge in [-0.15, -0.1) is 0 Å². The maximum atomic E-state index is 14.3. The molecule has 0 amide bonds. The molecule has 0 unspecified atom stereocenters. The van der Waals surface area contributed by atoms with Crippen LogP contribution in [0.25, 0.3) is 0 Å². The SMILES string of the molecule is CC(F)(F)c1cc(CCCC2CCN(C[C@H]3CN([C@@H](C(=O)O)C4CCCCC4)C[C@@H]3c3cccc(F)c3)CC2)cc(C(F)(F)F)c1. The number of nitrogens with zero attached hydrogens (tertiary/aromatic N) is 2. The number of aryl methyl sites for hydroxylation is 1. The lowest BCUT2D eigenvalue weighted by Crippen LogP contribution is -2.46. The van der Waals surface area contributed by atoms with Crippen molar-refractivity contribution < 1.29 is 36.2 Å². The lowest BCUT2D eigenvalue weighted by molar-refractivity contribution is -0.145. The Kier molecular flexibility index (Phi) is 11.1. The van der Waals surface area contributed by atoms with Crippen molar-refractivity contribution >= 4 is 5.97 Å². The number of carbonyl (C=O) groups is 1. The number of aliphatic carboxylic acids is 1. The first-order valence-corrected chi connectivity index (χ1v) is 16.8. The van der Waals surface area contributed by atoms with Crippen molar-refractivity contribution in [3.8, 4) is 0 Å². The van der Waals surface area contributed by atoms with Gasteiger partial charge >= 0.3 is 12.1 Å². The van der Waals surface area contributed by atoms with Crippen molar-refractivity contribution in [1.82, 2.24) is 9.80 Å². The summed E-state index contributed by atoms with van der Waals surface area (Å²) in [6.45, 7) is 4.38. The smallest absolute Gasteiger partial charge is 0.416 e. The zero-order valence-electron chi connectivity index (χ0n) is 26.6. The summed E-state index contributed by atoms with van der Waals surface area (Å²) in [5, 5.41) is 10.3. The summed E-state index contributed by atoms with van der Waals surface area (Å²) in [5.41, 5.74) is -0.453. The summed E-state index contributed by atoms with van der Waals surface area (Å²) in [6.07, 6.45) is 4.05. The van der Waals surface area contributed by atoms with Gasteiger partial charge in [-0.3, -0.25) is 9.69 Å². The third-order valence-electron chi connectivity index (χ3n) is 10.6. The highest BCUT2D eigenvalue weighted by atomic mass is 19.4. The molecule has 2 aliphatic heterocycles. The van der Waals surface area contributed by atoms with Crippen molar-refractivity contribution in [2.24, 2.45) is 17.8 Å². The average molecular weight is 653 g/mol. The summed E-state index contributed by atoms with van der Waals surface area (Å²) in [4.78, 5) is 17.1. The van der Waals surface area contributed by atoms with Crippen LogP contribution in [0.3, 0.4) is 0 Å². The molecule has 5 rings (SSSR count). The van der Waals surface area contributed by atoms with Crippen LogP contribution >= 0.6 is 0 Å². The Bertz CT molecular complexity index is 1280. The molecule has 3 fully saturated rings. The number of alkyl halides is 5. The maximum Gasteiger partial charge on any atom is 0.416 e. The van der Waals surface area contributed by atoms with Gasteiger partial charge in [0.2, 0.25) is 0 Å². The fraction of sp³-hybridized carbons (Fsp3) is 0.639. The average Bonchev–Trinajstić information content (AvgIpc) is 3.40. The standard InChI is InChI=1S/C36H46F6N2O2/c1-35(38,39)29-17-25(18-30(20-29)36(40,41)42)8-5-7-24-13-15-43(16-14-24)21-28-22-44(23-32(28)27-11-6-12-31(37)19-27)33(34(45)46)26-9-3-2-4-10-26/h6,11-12,17-20,24,26,28,32-33H,2-5,7-10,13-16,21-23H2,1H3,(H,45,46)/t28-,32+,33+/m0/s1. The lowest BCUT2D eigenvalue weighted by atomic mass is 9.83. The minimum absolute atomic E-state index is 0.0340. The zero-order chi connectivity index (χ0) is 33.1. The van der Waals surface area contributed by atoms with Crippen LogP contribution in [-0.4, -0.2) is 59.6 Å². The highest BCUT2D eigenvalue weighted by Gasteiger charge is 2.43. The van der Waals surface area contributed by atoms with E-state index in [4.69, 9.17) is 0 Å². The maximum absolute atomic E-state index is 14.3. The van der Waals surface area contributed by atoms with Gasteiger partial charge in [-0.2, -0.15) is 13.2 Å².